The van der Waals surface area contributed by atoms with Crippen LogP contribution in [0.25, 0.3) is 0 Å². The number of rotatable bonds is 9. The average molecular weight is 481 g/mol. The molecule has 0 bridgehead atoms. The third-order valence-corrected chi connectivity index (χ3v) is 6.05. The summed E-state index contributed by atoms with van der Waals surface area (Å²) in [6.07, 6.45) is 2.90. The molecule has 0 atom stereocenters. The molecule has 1 spiro atoms. The molecule has 2 aromatic carbocycles. The molecule has 1 aliphatic carbocycles. The number of amides is 5. The Morgan fingerprint density at radius 3 is 2.20 bits per heavy atom. The molecule has 1 aliphatic heterocycles. The van der Waals surface area contributed by atoms with Crippen molar-refractivity contribution in [1.82, 2.24) is 21.1 Å². The van der Waals surface area contributed by atoms with Crippen molar-refractivity contribution in [3.8, 4) is 11.5 Å². The third kappa shape index (κ3) is 6.08. The second-order valence-corrected chi connectivity index (χ2v) is 8.56. The smallest absolute Gasteiger partial charge is 0.325 e. The van der Waals surface area contributed by atoms with Gasteiger partial charge in [-0.3, -0.25) is 30.1 Å². The van der Waals surface area contributed by atoms with Crippen LogP contribution in [0.2, 0.25) is 0 Å². The fraction of sp³-hybridized carbons (Fsp3) is 0.360. The van der Waals surface area contributed by atoms with E-state index in [1.807, 2.05) is 30.3 Å². The van der Waals surface area contributed by atoms with E-state index in [1.54, 1.807) is 24.3 Å². The summed E-state index contributed by atoms with van der Waals surface area (Å²) in [6, 6.07) is 16.2. The summed E-state index contributed by atoms with van der Waals surface area (Å²) in [4.78, 5) is 49.8. The van der Waals surface area contributed by atoms with Gasteiger partial charge >= 0.3 is 6.03 Å². The molecule has 0 radical (unpaired) electrons. The van der Waals surface area contributed by atoms with Crippen LogP contribution in [-0.2, 0) is 21.0 Å². The minimum Gasteiger partial charge on any atom is -0.489 e. The molecule has 35 heavy (non-hydrogen) atoms. The van der Waals surface area contributed by atoms with E-state index >= 15 is 0 Å². The van der Waals surface area contributed by atoms with Gasteiger partial charge in [-0.05, 0) is 42.7 Å². The number of carbonyl (C=O) groups excluding carboxylic acids is 4. The van der Waals surface area contributed by atoms with Gasteiger partial charge in [0.2, 0.25) is 5.91 Å². The van der Waals surface area contributed by atoms with Gasteiger partial charge < -0.3 is 14.8 Å². The van der Waals surface area contributed by atoms with Crippen molar-refractivity contribution in [2.75, 3.05) is 13.2 Å². The van der Waals surface area contributed by atoms with Crippen molar-refractivity contribution in [2.24, 2.45) is 0 Å². The Hall–Kier alpha value is -4.08. The Balaban J connectivity index is 1.13. The number of urea groups is 1. The van der Waals surface area contributed by atoms with Gasteiger partial charge in [0.25, 0.3) is 11.8 Å². The lowest BCUT2D eigenvalue weighted by molar-refractivity contribution is -0.132. The highest BCUT2D eigenvalue weighted by atomic mass is 16.5. The van der Waals surface area contributed by atoms with Gasteiger partial charge in [0.05, 0.1) is 0 Å². The summed E-state index contributed by atoms with van der Waals surface area (Å²) < 4.78 is 11.1. The first kappa shape index (κ1) is 24.1. The quantitative estimate of drug-likeness (QED) is 0.373. The number of carbonyl (C=O) groups is 4. The predicted octanol–water partition coefficient (Wildman–Crippen LogP) is 2.05. The number of benzene rings is 2. The Labute approximate surface area is 202 Å². The van der Waals surface area contributed by atoms with E-state index in [2.05, 4.69) is 16.2 Å². The lowest BCUT2D eigenvalue weighted by Gasteiger charge is -2.19. The molecule has 10 heteroatoms. The van der Waals surface area contributed by atoms with Crippen LogP contribution in [0, 0.1) is 0 Å². The van der Waals surface area contributed by atoms with Gasteiger partial charge in [-0.25, -0.2) is 4.79 Å². The second kappa shape index (κ2) is 10.9. The average Bonchev–Trinajstić information content (AvgIpc) is 3.44. The van der Waals surface area contributed by atoms with E-state index in [1.165, 1.54) is 0 Å². The highest BCUT2D eigenvalue weighted by Gasteiger charge is 2.52. The highest BCUT2D eigenvalue weighted by Crippen LogP contribution is 2.35. The van der Waals surface area contributed by atoms with Crippen LogP contribution in [-0.4, -0.2) is 47.3 Å². The standard InChI is InChI=1S/C25H28N4O6/c30-21(12-15-29-23(32)25(26-24(29)33)13-4-5-14-25)27-28-22(31)17-35-20-10-8-19(9-11-20)34-16-18-6-2-1-3-7-18/h1-3,6-11H,4-5,12-17H2,(H,26,33)(H,27,30)(H,28,31). The summed E-state index contributed by atoms with van der Waals surface area (Å²) in [5.41, 5.74) is 4.78. The summed E-state index contributed by atoms with van der Waals surface area (Å²) in [7, 11) is 0. The van der Waals surface area contributed by atoms with Crippen molar-refractivity contribution in [1.29, 1.82) is 0 Å². The third-order valence-electron chi connectivity index (χ3n) is 6.05. The fourth-order valence-electron chi connectivity index (χ4n) is 4.17. The summed E-state index contributed by atoms with van der Waals surface area (Å²) in [5, 5.41) is 2.76. The first-order valence-electron chi connectivity index (χ1n) is 11.6. The zero-order chi connectivity index (χ0) is 24.7. The van der Waals surface area contributed by atoms with Crippen molar-refractivity contribution >= 4 is 23.8 Å². The maximum Gasteiger partial charge on any atom is 0.325 e. The number of nitrogens with zero attached hydrogens (tertiary/aromatic N) is 1. The van der Waals surface area contributed by atoms with Crippen LogP contribution < -0.4 is 25.6 Å². The molecule has 2 fully saturated rings. The monoisotopic (exact) mass is 480 g/mol. The van der Waals surface area contributed by atoms with E-state index in [0.717, 1.165) is 23.3 Å². The molecule has 5 amide bonds. The molecule has 184 valence electrons. The zero-order valence-electron chi connectivity index (χ0n) is 19.2. The number of ether oxygens (including phenoxy) is 2. The number of nitrogens with one attached hydrogen (secondary N) is 3. The van der Waals surface area contributed by atoms with Crippen molar-refractivity contribution in [3.05, 3.63) is 60.2 Å². The number of imide groups is 1. The summed E-state index contributed by atoms with van der Waals surface area (Å²) in [6.45, 7) is 0.0873. The first-order valence-corrected chi connectivity index (χ1v) is 11.6. The molecule has 4 rings (SSSR count). The predicted molar refractivity (Wildman–Crippen MR) is 125 cm³/mol. The fourth-order valence-corrected chi connectivity index (χ4v) is 4.17. The van der Waals surface area contributed by atoms with Crippen molar-refractivity contribution in [2.45, 2.75) is 44.2 Å². The molecule has 0 aromatic heterocycles. The van der Waals surface area contributed by atoms with E-state index in [0.29, 0.717) is 30.9 Å². The maximum atomic E-state index is 12.6. The topological polar surface area (TPSA) is 126 Å². The van der Waals surface area contributed by atoms with Crippen molar-refractivity contribution < 1.29 is 28.7 Å². The van der Waals surface area contributed by atoms with Gasteiger partial charge in [-0.2, -0.15) is 0 Å². The lowest BCUT2D eigenvalue weighted by atomic mass is 9.98. The molecule has 10 nitrogen and oxygen atoms in total. The zero-order valence-corrected chi connectivity index (χ0v) is 19.2. The largest absolute Gasteiger partial charge is 0.489 e. The summed E-state index contributed by atoms with van der Waals surface area (Å²) >= 11 is 0. The van der Waals surface area contributed by atoms with Gasteiger partial charge in [0.1, 0.15) is 23.6 Å². The van der Waals surface area contributed by atoms with Crippen LogP contribution in [0.5, 0.6) is 11.5 Å². The van der Waals surface area contributed by atoms with E-state index in [4.69, 9.17) is 9.47 Å². The van der Waals surface area contributed by atoms with Gasteiger partial charge in [0.15, 0.2) is 6.61 Å². The van der Waals surface area contributed by atoms with Crippen LogP contribution in [0.15, 0.2) is 54.6 Å². The highest BCUT2D eigenvalue weighted by molar-refractivity contribution is 6.07. The van der Waals surface area contributed by atoms with Gasteiger partial charge in [0, 0.05) is 13.0 Å². The Bertz CT molecular complexity index is 1070. The SMILES string of the molecule is O=C(CCN1C(=O)NC2(CCCC2)C1=O)NNC(=O)COc1ccc(OCc2ccccc2)cc1. The molecule has 0 unspecified atom stereocenters. The molecule has 2 aliphatic rings. The number of hydrazine groups is 1. The lowest BCUT2D eigenvalue weighted by Crippen LogP contribution is -2.46. The maximum absolute atomic E-state index is 12.6. The van der Waals surface area contributed by atoms with Crippen LogP contribution in [0.1, 0.15) is 37.7 Å². The number of hydrogen-bond donors (Lipinski definition) is 3. The Morgan fingerprint density at radius 1 is 0.886 bits per heavy atom. The van der Waals surface area contributed by atoms with E-state index in [9.17, 15) is 19.2 Å². The Morgan fingerprint density at radius 2 is 1.51 bits per heavy atom. The second-order valence-electron chi connectivity index (χ2n) is 8.56. The van der Waals surface area contributed by atoms with Crippen LogP contribution in [0.4, 0.5) is 4.79 Å². The van der Waals surface area contributed by atoms with Crippen LogP contribution in [0.3, 0.4) is 0 Å². The van der Waals surface area contributed by atoms with E-state index in [-0.39, 0.29) is 25.5 Å². The molecule has 2 aromatic rings. The number of hydrogen-bond acceptors (Lipinski definition) is 6. The van der Waals surface area contributed by atoms with E-state index < -0.39 is 23.4 Å². The van der Waals surface area contributed by atoms with Gasteiger partial charge in [-0.1, -0.05) is 43.2 Å². The normalized spacial score (nSPS) is 16.2. The first-order chi connectivity index (χ1) is 16.9. The minimum atomic E-state index is -0.800. The van der Waals surface area contributed by atoms with Gasteiger partial charge in [-0.15, -0.1) is 0 Å². The molecule has 1 saturated carbocycles. The minimum absolute atomic E-state index is 0.0523. The molecule has 1 heterocycles. The molecular weight excluding hydrogens is 452 g/mol. The molecular formula is C25H28N4O6. The Kier molecular flexibility index (Phi) is 7.49. The molecule has 1 saturated heterocycles. The van der Waals surface area contributed by atoms with Crippen molar-refractivity contribution in [3.63, 3.8) is 0 Å². The molecule has 3 N–H and O–H groups in total. The summed E-state index contributed by atoms with van der Waals surface area (Å²) in [5.74, 6) is -0.213. The van der Waals surface area contributed by atoms with Crippen LogP contribution >= 0.6 is 0 Å².